The molecule has 0 aromatic carbocycles. The second-order valence-corrected chi connectivity index (χ2v) is 8.55. The van der Waals surface area contributed by atoms with Crippen molar-refractivity contribution >= 4 is 0 Å². The molecule has 0 N–H and O–H groups in total. The van der Waals surface area contributed by atoms with Gasteiger partial charge in [-0.3, -0.25) is 4.90 Å². The van der Waals surface area contributed by atoms with Gasteiger partial charge in [-0.1, -0.05) is 20.8 Å². The van der Waals surface area contributed by atoms with E-state index < -0.39 is 0 Å². The predicted molar refractivity (Wildman–Crippen MR) is 76.8 cm³/mol. The Hall–Kier alpha value is -0.0800. The number of piperidine rings is 1. The SMILES string of the molecule is CC1(C)CN2CC(C(C)(C)C)CCC2C(C)(C)O1. The number of nitrogens with zero attached hydrogens (tertiary/aromatic N) is 1. The molecule has 2 rings (SSSR count). The van der Waals surface area contributed by atoms with Crippen LogP contribution in [0.1, 0.15) is 61.3 Å². The van der Waals surface area contributed by atoms with Crippen LogP contribution in [0.15, 0.2) is 0 Å². The molecule has 2 nitrogen and oxygen atoms in total. The van der Waals surface area contributed by atoms with Gasteiger partial charge in [-0.05, 0) is 51.9 Å². The molecule has 0 spiro atoms. The van der Waals surface area contributed by atoms with E-state index in [0.29, 0.717) is 11.5 Å². The lowest BCUT2D eigenvalue weighted by molar-refractivity contribution is -0.222. The lowest BCUT2D eigenvalue weighted by Gasteiger charge is -2.57. The Kier molecular flexibility index (Phi) is 3.35. The van der Waals surface area contributed by atoms with Crippen molar-refractivity contribution in [2.75, 3.05) is 13.1 Å². The van der Waals surface area contributed by atoms with E-state index in [1.807, 2.05) is 0 Å². The Balaban J connectivity index is 2.16. The highest BCUT2D eigenvalue weighted by atomic mass is 16.5. The summed E-state index contributed by atoms with van der Waals surface area (Å²) >= 11 is 0. The normalized spacial score (nSPS) is 36.2. The molecule has 2 atom stereocenters. The van der Waals surface area contributed by atoms with E-state index in [2.05, 4.69) is 53.4 Å². The Morgan fingerprint density at radius 3 is 2.22 bits per heavy atom. The Bertz CT molecular complexity index is 314. The molecule has 0 aromatic heterocycles. The van der Waals surface area contributed by atoms with Gasteiger partial charge in [0.25, 0.3) is 0 Å². The van der Waals surface area contributed by atoms with Crippen molar-refractivity contribution in [1.82, 2.24) is 4.90 Å². The summed E-state index contributed by atoms with van der Waals surface area (Å²) in [6, 6.07) is 0.601. The fraction of sp³-hybridized carbons (Fsp3) is 1.00. The minimum Gasteiger partial charge on any atom is -0.367 e. The monoisotopic (exact) mass is 253 g/mol. The summed E-state index contributed by atoms with van der Waals surface area (Å²) in [6.45, 7) is 18.5. The number of fused-ring (bicyclic) bond motifs is 1. The molecule has 0 bridgehead atoms. The van der Waals surface area contributed by atoms with Gasteiger partial charge in [-0.25, -0.2) is 0 Å². The van der Waals surface area contributed by atoms with Crippen molar-refractivity contribution in [3.05, 3.63) is 0 Å². The standard InChI is InChI=1S/C16H31NO/c1-14(2,3)12-8-9-13-16(6,7)18-15(4,5)11-17(13)10-12/h12-13H,8-11H2,1-7H3. The summed E-state index contributed by atoms with van der Waals surface area (Å²) in [5.41, 5.74) is 0.405. The van der Waals surface area contributed by atoms with Gasteiger partial charge in [-0.2, -0.15) is 0 Å². The van der Waals surface area contributed by atoms with E-state index in [1.165, 1.54) is 19.4 Å². The van der Waals surface area contributed by atoms with Gasteiger partial charge in [-0.15, -0.1) is 0 Å². The van der Waals surface area contributed by atoms with Crippen LogP contribution >= 0.6 is 0 Å². The highest BCUT2D eigenvalue weighted by Crippen LogP contribution is 2.43. The van der Waals surface area contributed by atoms with Crippen LogP contribution in [0, 0.1) is 11.3 Å². The molecule has 2 aliphatic heterocycles. The van der Waals surface area contributed by atoms with Crippen molar-refractivity contribution in [3.63, 3.8) is 0 Å². The molecule has 2 heteroatoms. The van der Waals surface area contributed by atoms with Crippen molar-refractivity contribution in [2.24, 2.45) is 11.3 Å². The smallest absolute Gasteiger partial charge is 0.0788 e. The summed E-state index contributed by atoms with van der Waals surface area (Å²) in [6.07, 6.45) is 2.63. The molecule has 106 valence electrons. The number of hydrogen-bond donors (Lipinski definition) is 0. The van der Waals surface area contributed by atoms with E-state index in [-0.39, 0.29) is 11.2 Å². The topological polar surface area (TPSA) is 12.5 Å². The van der Waals surface area contributed by atoms with Crippen LogP contribution in [0.4, 0.5) is 0 Å². The molecule has 2 aliphatic rings. The van der Waals surface area contributed by atoms with Crippen LogP contribution in [0.3, 0.4) is 0 Å². The molecule has 0 aliphatic carbocycles. The maximum atomic E-state index is 6.31. The lowest BCUT2D eigenvalue weighted by atomic mass is 9.72. The van der Waals surface area contributed by atoms with Crippen molar-refractivity contribution in [2.45, 2.75) is 78.6 Å². The van der Waals surface area contributed by atoms with Crippen LogP contribution in [-0.2, 0) is 4.74 Å². The molecule has 2 saturated heterocycles. The number of ether oxygens (including phenoxy) is 1. The fourth-order valence-electron chi connectivity index (χ4n) is 4.01. The van der Waals surface area contributed by atoms with Gasteiger partial charge < -0.3 is 4.74 Å². The second-order valence-electron chi connectivity index (χ2n) is 8.55. The quantitative estimate of drug-likeness (QED) is 0.652. The van der Waals surface area contributed by atoms with Crippen LogP contribution in [0.25, 0.3) is 0 Å². The van der Waals surface area contributed by atoms with Crippen molar-refractivity contribution in [3.8, 4) is 0 Å². The van der Waals surface area contributed by atoms with E-state index in [1.54, 1.807) is 0 Å². The second kappa shape index (κ2) is 4.21. The summed E-state index contributed by atoms with van der Waals surface area (Å²) in [4.78, 5) is 2.70. The van der Waals surface area contributed by atoms with Crippen LogP contribution in [-0.4, -0.2) is 35.2 Å². The van der Waals surface area contributed by atoms with Gasteiger partial charge in [0, 0.05) is 19.1 Å². The molecule has 0 radical (unpaired) electrons. The zero-order chi connectivity index (χ0) is 13.8. The predicted octanol–water partition coefficient (Wildman–Crippen LogP) is 3.70. The summed E-state index contributed by atoms with van der Waals surface area (Å²) in [5.74, 6) is 0.818. The van der Waals surface area contributed by atoms with E-state index in [4.69, 9.17) is 4.74 Å². The van der Waals surface area contributed by atoms with Crippen LogP contribution in [0.5, 0.6) is 0 Å². The zero-order valence-electron chi connectivity index (χ0n) is 13.3. The minimum absolute atomic E-state index is 0.00932. The van der Waals surface area contributed by atoms with Crippen molar-refractivity contribution < 1.29 is 4.74 Å². The summed E-state index contributed by atoms with van der Waals surface area (Å²) < 4.78 is 6.31. The molecule has 18 heavy (non-hydrogen) atoms. The largest absolute Gasteiger partial charge is 0.367 e. The molecule has 2 fully saturated rings. The first kappa shape index (κ1) is 14.3. The van der Waals surface area contributed by atoms with Crippen LogP contribution < -0.4 is 0 Å². The van der Waals surface area contributed by atoms with Gasteiger partial charge >= 0.3 is 0 Å². The average Bonchev–Trinajstić information content (AvgIpc) is 2.11. The van der Waals surface area contributed by atoms with Gasteiger partial charge in [0.1, 0.15) is 0 Å². The Morgan fingerprint density at radius 1 is 1.06 bits per heavy atom. The molecule has 0 saturated carbocycles. The summed E-state index contributed by atoms with van der Waals surface area (Å²) in [7, 11) is 0. The Labute approximate surface area is 113 Å². The van der Waals surface area contributed by atoms with Gasteiger partial charge in [0.05, 0.1) is 11.2 Å². The first-order chi connectivity index (χ1) is 8.01. The Morgan fingerprint density at radius 2 is 1.67 bits per heavy atom. The average molecular weight is 253 g/mol. The third kappa shape index (κ3) is 2.75. The maximum absolute atomic E-state index is 6.31. The molecule has 0 amide bonds. The molecule has 2 unspecified atom stereocenters. The number of rotatable bonds is 0. The van der Waals surface area contributed by atoms with Gasteiger partial charge in [0.2, 0.25) is 0 Å². The molecular weight excluding hydrogens is 222 g/mol. The van der Waals surface area contributed by atoms with Gasteiger partial charge in [0.15, 0.2) is 0 Å². The zero-order valence-corrected chi connectivity index (χ0v) is 13.3. The van der Waals surface area contributed by atoms with E-state index in [9.17, 15) is 0 Å². The highest BCUT2D eigenvalue weighted by Gasteiger charge is 2.48. The molecular formula is C16H31NO. The highest BCUT2D eigenvalue weighted by molar-refractivity contribution is 5.01. The third-order valence-electron chi connectivity index (χ3n) is 4.83. The van der Waals surface area contributed by atoms with Crippen molar-refractivity contribution in [1.29, 1.82) is 0 Å². The fourth-order valence-corrected chi connectivity index (χ4v) is 4.01. The first-order valence-electron chi connectivity index (χ1n) is 7.45. The maximum Gasteiger partial charge on any atom is 0.0788 e. The van der Waals surface area contributed by atoms with E-state index >= 15 is 0 Å². The first-order valence-corrected chi connectivity index (χ1v) is 7.45. The number of hydrogen-bond acceptors (Lipinski definition) is 2. The van der Waals surface area contributed by atoms with E-state index in [0.717, 1.165) is 12.5 Å². The molecule has 2 heterocycles. The third-order valence-corrected chi connectivity index (χ3v) is 4.83. The lowest BCUT2D eigenvalue weighted by Crippen LogP contribution is -2.66. The van der Waals surface area contributed by atoms with Crippen LogP contribution in [0.2, 0.25) is 0 Å². The summed E-state index contributed by atoms with van der Waals surface area (Å²) in [5, 5.41) is 0. The minimum atomic E-state index is -0.0141. The number of morpholine rings is 1. The molecule has 0 aromatic rings.